The number of rotatable bonds is 6. The fraction of sp³-hybridized carbons (Fsp3) is 0.238. The van der Waals surface area contributed by atoms with Crippen LogP contribution >= 0.6 is 0 Å². The lowest BCUT2D eigenvalue weighted by Gasteiger charge is -2.17. The largest absolute Gasteiger partial charge is 0.489 e. The number of carboxylic acids is 1. The maximum Gasteiger partial charge on any atom is 0.336 e. The fourth-order valence-corrected chi connectivity index (χ4v) is 2.19. The molecule has 0 aromatic heterocycles. The molecular weight excluding hydrogens is 332 g/mol. The van der Waals surface area contributed by atoms with Crippen molar-refractivity contribution in [3.05, 3.63) is 71.3 Å². The van der Waals surface area contributed by atoms with E-state index in [4.69, 9.17) is 9.47 Å². The molecule has 2 aromatic carbocycles. The molecule has 1 N–H and O–H groups in total. The van der Waals surface area contributed by atoms with E-state index in [1.54, 1.807) is 32.9 Å². The minimum atomic E-state index is -1.10. The first-order valence-corrected chi connectivity index (χ1v) is 8.20. The molecule has 0 fully saturated rings. The molecule has 5 heteroatoms. The van der Waals surface area contributed by atoms with Gasteiger partial charge in [-0.2, -0.15) is 0 Å². The topological polar surface area (TPSA) is 72.8 Å². The van der Waals surface area contributed by atoms with Crippen LogP contribution in [0.2, 0.25) is 0 Å². The van der Waals surface area contributed by atoms with Gasteiger partial charge in [-0.15, -0.1) is 0 Å². The Morgan fingerprint density at radius 2 is 1.77 bits per heavy atom. The summed E-state index contributed by atoms with van der Waals surface area (Å²) in [4.78, 5) is 23.3. The Morgan fingerprint density at radius 1 is 1.08 bits per heavy atom. The number of esters is 1. The van der Waals surface area contributed by atoms with Crippen molar-refractivity contribution in [3.8, 4) is 5.75 Å². The van der Waals surface area contributed by atoms with E-state index in [0.29, 0.717) is 17.9 Å². The van der Waals surface area contributed by atoms with Gasteiger partial charge in [0, 0.05) is 6.08 Å². The number of carbonyl (C=O) groups excluding carboxylic acids is 1. The molecule has 0 aliphatic heterocycles. The predicted octanol–water partition coefficient (Wildman–Crippen LogP) is 4.32. The summed E-state index contributed by atoms with van der Waals surface area (Å²) >= 11 is 0. The van der Waals surface area contributed by atoms with Crippen molar-refractivity contribution in [1.82, 2.24) is 0 Å². The highest BCUT2D eigenvalue weighted by Crippen LogP contribution is 2.21. The van der Waals surface area contributed by atoms with E-state index < -0.39 is 17.5 Å². The van der Waals surface area contributed by atoms with E-state index in [1.807, 2.05) is 30.3 Å². The Kier molecular flexibility index (Phi) is 6.17. The van der Waals surface area contributed by atoms with E-state index in [9.17, 15) is 14.7 Å². The second-order valence-electron chi connectivity index (χ2n) is 6.70. The third kappa shape index (κ3) is 6.09. The molecule has 0 spiro atoms. The van der Waals surface area contributed by atoms with Gasteiger partial charge in [-0.3, -0.25) is 0 Å². The van der Waals surface area contributed by atoms with Crippen LogP contribution in [-0.2, 0) is 16.1 Å². The Hall–Kier alpha value is -3.08. The van der Waals surface area contributed by atoms with E-state index in [2.05, 4.69) is 0 Å². The molecular formula is C21H22O5. The van der Waals surface area contributed by atoms with E-state index in [1.165, 1.54) is 18.2 Å². The molecule has 0 atom stereocenters. The molecule has 0 saturated carbocycles. The van der Waals surface area contributed by atoms with E-state index >= 15 is 0 Å². The van der Waals surface area contributed by atoms with Crippen molar-refractivity contribution in [1.29, 1.82) is 0 Å². The summed E-state index contributed by atoms with van der Waals surface area (Å²) in [5, 5.41) is 9.42. The van der Waals surface area contributed by atoms with Crippen LogP contribution < -0.4 is 4.74 Å². The third-order valence-corrected chi connectivity index (χ3v) is 3.31. The standard InChI is InChI=1S/C21H22O5/c1-21(2,3)26-19(22)12-10-16-9-11-17(13-18(16)20(23)24)25-14-15-7-5-4-6-8-15/h4-13H,14H2,1-3H3,(H,23,24)/b12-10+. The monoisotopic (exact) mass is 354 g/mol. The van der Waals surface area contributed by atoms with Gasteiger partial charge in [-0.25, -0.2) is 9.59 Å². The average molecular weight is 354 g/mol. The van der Waals surface area contributed by atoms with E-state index in [0.717, 1.165) is 5.56 Å². The lowest BCUT2D eigenvalue weighted by molar-refractivity contribution is -0.148. The zero-order valence-corrected chi connectivity index (χ0v) is 15.1. The van der Waals surface area contributed by atoms with Crippen LogP contribution in [0.1, 0.15) is 42.3 Å². The van der Waals surface area contributed by atoms with E-state index in [-0.39, 0.29) is 5.56 Å². The van der Waals surface area contributed by atoms with Crippen LogP contribution in [0.15, 0.2) is 54.6 Å². The maximum absolute atomic E-state index is 11.8. The van der Waals surface area contributed by atoms with Gasteiger partial charge < -0.3 is 14.6 Å². The Balaban J connectivity index is 2.13. The Labute approximate surface area is 152 Å². The Morgan fingerprint density at radius 3 is 2.38 bits per heavy atom. The number of ether oxygens (including phenoxy) is 2. The van der Waals surface area contributed by atoms with Crippen LogP contribution in [0, 0.1) is 0 Å². The summed E-state index contributed by atoms with van der Waals surface area (Å²) in [5.74, 6) is -1.18. The summed E-state index contributed by atoms with van der Waals surface area (Å²) in [6.07, 6.45) is 2.65. The van der Waals surface area contributed by atoms with Crippen molar-refractivity contribution in [2.45, 2.75) is 33.0 Å². The molecule has 0 bridgehead atoms. The summed E-state index contributed by atoms with van der Waals surface area (Å²) in [6, 6.07) is 14.3. The predicted molar refractivity (Wildman–Crippen MR) is 99.1 cm³/mol. The quantitative estimate of drug-likeness (QED) is 0.618. The van der Waals surface area contributed by atoms with Gasteiger partial charge >= 0.3 is 11.9 Å². The normalized spacial score (nSPS) is 11.3. The molecule has 0 aliphatic rings. The molecule has 0 heterocycles. The zero-order chi connectivity index (χ0) is 19.2. The molecule has 0 aliphatic carbocycles. The molecule has 0 amide bonds. The van der Waals surface area contributed by atoms with Gasteiger partial charge in [0.1, 0.15) is 18.0 Å². The highest BCUT2D eigenvalue weighted by atomic mass is 16.6. The lowest BCUT2D eigenvalue weighted by atomic mass is 10.1. The molecule has 2 aromatic rings. The zero-order valence-electron chi connectivity index (χ0n) is 15.1. The Bertz CT molecular complexity index is 801. The minimum Gasteiger partial charge on any atom is -0.489 e. The van der Waals surface area contributed by atoms with Gasteiger partial charge in [0.2, 0.25) is 0 Å². The van der Waals surface area contributed by atoms with Crippen LogP contribution in [0.5, 0.6) is 5.75 Å². The number of carbonyl (C=O) groups is 2. The van der Waals surface area contributed by atoms with Gasteiger partial charge in [0.25, 0.3) is 0 Å². The summed E-state index contributed by atoms with van der Waals surface area (Å²) in [5.41, 5.74) is 0.829. The highest BCUT2D eigenvalue weighted by Gasteiger charge is 2.15. The third-order valence-electron chi connectivity index (χ3n) is 3.31. The molecule has 26 heavy (non-hydrogen) atoms. The summed E-state index contributed by atoms with van der Waals surface area (Å²) < 4.78 is 10.8. The number of aromatic carboxylic acids is 1. The smallest absolute Gasteiger partial charge is 0.336 e. The van der Waals surface area contributed by atoms with Crippen LogP contribution in [-0.4, -0.2) is 22.6 Å². The first-order chi connectivity index (χ1) is 12.2. The van der Waals surface area contributed by atoms with Crippen molar-refractivity contribution < 1.29 is 24.2 Å². The number of benzene rings is 2. The van der Waals surface area contributed by atoms with Gasteiger partial charge in [-0.1, -0.05) is 36.4 Å². The average Bonchev–Trinajstić information content (AvgIpc) is 2.57. The molecule has 5 nitrogen and oxygen atoms in total. The molecule has 0 radical (unpaired) electrons. The van der Waals surface area contributed by atoms with Crippen LogP contribution in [0.3, 0.4) is 0 Å². The molecule has 0 saturated heterocycles. The number of carboxylic acid groups (broad SMARTS) is 1. The number of hydrogen-bond donors (Lipinski definition) is 1. The number of hydrogen-bond acceptors (Lipinski definition) is 4. The second kappa shape index (κ2) is 8.34. The van der Waals surface area contributed by atoms with Crippen molar-refractivity contribution in [3.63, 3.8) is 0 Å². The fourth-order valence-electron chi connectivity index (χ4n) is 2.19. The van der Waals surface area contributed by atoms with Crippen molar-refractivity contribution >= 4 is 18.0 Å². The van der Waals surface area contributed by atoms with Crippen LogP contribution in [0.4, 0.5) is 0 Å². The van der Waals surface area contributed by atoms with Gasteiger partial charge in [0.05, 0.1) is 5.56 Å². The van der Waals surface area contributed by atoms with Crippen molar-refractivity contribution in [2.75, 3.05) is 0 Å². The summed E-state index contributed by atoms with van der Waals surface area (Å²) in [6.45, 7) is 5.63. The lowest BCUT2D eigenvalue weighted by Crippen LogP contribution is -2.22. The molecule has 136 valence electrons. The van der Waals surface area contributed by atoms with Crippen LogP contribution in [0.25, 0.3) is 6.08 Å². The van der Waals surface area contributed by atoms with Gasteiger partial charge in [-0.05, 0) is 50.1 Å². The SMILES string of the molecule is CC(C)(C)OC(=O)/C=C/c1ccc(OCc2ccccc2)cc1C(=O)O. The minimum absolute atomic E-state index is 0.0513. The second-order valence-corrected chi connectivity index (χ2v) is 6.70. The summed E-state index contributed by atoms with van der Waals surface area (Å²) in [7, 11) is 0. The van der Waals surface area contributed by atoms with Gasteiger partial charge in [0.15, 0.2) is 0 Å². The first kappa shape index (κ1) is 19.2. The highest BCUT2D eigenvalue weighted by molar-refractivity contribution is 5.95. The van der Waals surface area contributed by atoms with Crippen molar-refractivity contribution in [2.24, 2.45) is 0 Å². The first-order valence-electron chi connectivity index (χ1n) is 8.20. The maximum atomic E-state index is 11.8. The molecule has 0 unspecified atom stereocenters. The molecule has 2 rings (SSSR count).